The second-order valence-corrected chi connectivity index (χ2v) is 7.22. The SMILES string of the molecule is COc1ccccc1-c1nnc(SCCOc2ccc3c(C)cc(=O)oc3c2)o1. The third-order valence-electron chi connectivity index (χ3n) is 4.24. The lowest BCUT2D eigenvalue weighted by molar-refractivity contribution is 0.343. The number of nitrogens with zero attached hydrogens (tertiary/aromatic N) is 2. The summed E-state index contributed by atoms with van der Waals surface area (Å²) in [5.74, 6) is 2.33. The Labute approximate surface area is 170 Å². The van der Waals surface area contributed by atoms with Crippen LogP contribution < -0.4 is 15.1 Å². The van der Waals surface area contributed by atoms with Crippen molar-refractivity contribution in [2.75, 3.05) is 19.5 Å². The van der Waals surface area contributed by atoms with Crippen molar-refractivity contribution in [3.05, 3.63) is 64.5 Å². The lowest BCUT2D eigenvalue weighted by Gasteiger charge is -2.06. The average molecular weight is 410 g/mol. The fourth-order valence-electron chi connectivity index (χ4n) is 2.88. The monoisotopic (exact) mass is 410 g/mol. The van der Waals surface area contributed by atoms with Crippen molar-refractivity contribution in [3.63, 3.8) is 0 Å². The zero-order chi connectivity index (χ0) is 20.2. The van der Waals surface area contributed by atoms with E-state index >= 15 is 0 Å². The van der Waals surface area contributed by atoms with Gasteiger partial charge in [0.05, 0.1) is 19.3 Å². The van der Waals surface area contributed by atoms with Gasteiger partial charge in [-0.1, -0.05) is 23.9 Å². The van der Waals surface area contributed by atoms with Crippen LogP contribution in [0.3, 0.4) is 0 Å². The molecular formula is C21H18N2O5S. The number of hydrogen-bond donors (Lipinski definition) is 0. The van der Waals surface area contributed by atoms with E-state index in [0.29, 0.717) is 40.6 Å². The molecule has 4 rings (SSSR count). The fourth-order valence-corrected chi connectivity index (χ4v) is 3.46. The van der Waals surface area contributed by atoms with Crippen molar-refractivity contribution in [2.45, 2.75) is 12.1 Å². The normalized spacial score (nSPS) is 11.0. The van der Waals surface area contributed by atoms with Gasteiger partial charge in [-0.2, -0.15) is 0 Å². The number of hydrogen-bond acceptors (Lipinski definition) is 8. The summed E-state index contributed by atoms with van der Waals surface area (Å²) in [7, 11) is 1.60. The second-order valence-electron chi connectivity index (χ2n) is 6.18. The molecule has 0 aliphatic carbocycles. The number of aryl methyl sites for hydroxylation is 1. The molecule has 0 fully saturated rings. The highest BCUT2D eigenvalue weighted by atomic mass is 32.2. The first kappa shape index (κ1) is 19.1. The molecule has 0 N–H and O–H groups in total. The number of benzene rings is 2. The van der Waals surface area contributed by atoms with Crippen LogP contribution in [-0.2, 0) is 0 Å². The first-order chi connectivity index (χ1) is 14.1. The van der Waals surface area contributed by atoms with Crippen LogP contribution in [0.5, 0.6) is 11.5 Å². The van der Waals surface area contributed by atoms with Crippen LogP contribution in [0.25, 0.3) is 22.4 Å². The van der Waals surface area contributed by atoms with Gasteiger partial charge in [0.1, 0.15) is 17.1 Å². The molecule has 0 saturated carbocycles. The van der Waals surface area contributed by atoms with E-state index < -0.39 is 0 Å². The van der Waals surface area contributed by atoms with Gasteiger partial charge in [-0.25, -0.2) is 4.79 Å². The highest BCUT2D eigenvalue weighted by Gasteiger charge is 2.13. The van der Waals surface area contributed by atoms with E-state index in [4.69, 9.17) is 18.3 Å². The van der Waals surface area contributed by atoms with Gasteiger partial charge in [0.2, 0.25) is 0 Å². The quantitative estimate of drug-likeness (QED) is 0.253. The van der Waals surface area contributed by atoms with E-state index in [1.165, 1.54) is 17.8 Å². The zero-order valence-corrected chi connectivity index (χ0v) is 16.7. The molecule has 29 heavy (non-hydrogen) atoms. The van der Waals surface area contributed by atoms with Gasteiger partial charge in [0.15, 0.2) is 0 Å². The summed E-state index contributed by atoms with van der Waals surface area (Å²) < 4.78 is 22.0. The van der Waals surface area contributed by atoms with Crippen LogP contribution in [0.15, 0.2) is 67.4 Å². The Bertz CT molecular complexity index is 1200. The van der Waals surface area contributed by atoms with Crippen molar-refractivity contribution in [1.29, 1.82) is 0 Å². The zero-order valence-electron chi connectivity index (χ0n) is 15.9. The van der Waals surface area contributed by atoms with Gasteiger partial charge in [-0.05, 0) is 36.8 Å². The third-order valence-corrected chi connectivity index (χ3v) is 5.03. The predicted octanol–water partition coefficient (Wildman–Crippen LogP) is 4.33. The Balaban J connectivity index is 1.36. The molecule has 0 saturated heterocycles. The van der Waals surface area contributed by atoms with Crippen LogP contribution >= 0.6 is 11.8 Å². The fraction of sp³-hybridized carbons (Fsp3) is 0.190. The van der Waals surface area contributed by atoms with Crippen LogP contribution in [-0.4, -0.2) is 29.7 Å². The summed E-state index contributed by atoms with van der Waals surface area (Å²) in [5, 5.41) is 9.48. The predicted molar refractivity (Wildman–Crippen MR) is 110 cm³/mol. The Morgan fingerprint density at radius 1 is 1.07 bits per heavy atom. The number of methoxy groups -OCH3 is 1. The van der Waals surface area contributed by atoms with Gasteiger partial charge in [0, 0.05) is 23.3 Å². The maximum Gasteiger partial charge on any atom is 0.336 e. The van der Waals surface area contributed by atoms with Gasteiger partial charge < -0.3 is 18.3 Å². The van der Waals surface area contributed by atoms with E-state index in [2.05, 4.69) is 10.2 Å². The van der Waals surface area contributed by atoms with Crippen LogP contribution in [0, 0.1) is 6.92 Å². The van der Waals surface area contributed by atoms with Gasteiger partial charge in [0.25, 0.3) is 11.1 Å². The molecule has 0 bridgehead atoms. The second kappa shape index (κ2) is 8.40. The molecule has 0 aliphatic heterocycles. The number of para-hydroxylation sites is 1. The Morgan fingerprint density at radius 3 is 2.79 bits per heavy atom. The van der Waals surface area contributed by atoms with Crippen molar-refractivity contribution < 1.29 is 18.3 Å². The smallest absolute Gasteiger partial charge is 0.336 e. The molecule has 2 aromatic heterocycles. The Hall–Kier alpha value is -3.26. The molecular weight excluding hydrogens is 392 g/mol. The molecule has 2 heterocycles. The van der Waals surface area contributed by atoms with E-state index in [1.54, 1.807) is 13.2 Å². The van der Waals surface area contributed by atoms with E-state index in [0.717, 1.165) is 16.5 Å². The Morgan fingerprint density at radius 2 is 1.93 bits per heavy atom. The number of fused-ring (bicyclic) bond motifs is 1. The topological polar surface area (TPSA) is 87.6 Å². The number of thioether (sulfide) groups is 1. The molecule has 4 aromatic rings. The van der Waals surface area contributed by atoms with Crippen molar-refractivity contribution in [2.24, 2.45) is 0 Å². The van der Waals surface area contributed by atoms with Crippen LogP contribution in [0.2, 0.25) is 0 Å². The third kappa shape index (κ3) is 4.27. The molecule has 0 unspecified atom stereocenters. The summed E-state index contributed by atoms with van der Waals surface area (Å²) in [5.41, 5.74) is 1.77. The first-order valence-corrected chi connectivity index (χ1v) is 9.89. The van der Waals surface area contributed by atoms with Crippen molar-refractivity contribution >= 4 is 22.7 Å². The lowest BCUT2D eigenvalue weighted by atomic mass is 10.1. The standard InChI is InChI=1S/C21H18N2O5S/c1-13-11-19(24)27-18-12-14(7-8-15(13)18)26-9-10-29-21-23-22-20(28-21)16-5-3-4-6-17(16)25-2/h3-8,11-12H,9-10H2,1-2H3. The minimum atomic E-state index is -0.370. The molecule has 2 aromatic carbocycles. The molecule has 0 spiro atoms. The largest absolute Gasteiger partial charge is 0.496 e. The van der Waals surface area contributed by atoms with E-state index in [9.17, 15) is 4.79 Å². The van der Waals surface area contributed by atoms with E-state index in [1.807, 2.05) is 43.3 Å². The maximum absolute atomic E-state index is 11.5. The highest BCUT2D eigenvalue weighted by Crippen LogP contribution is 2.30. The summed E-state index contributed by atoms with van der Waals surface area (Å²) in [6.07, 6.45) is 0. The summed E-state index contributed by atoms with van der Waals surface area (Å²) >= 11 is 1.40. The number of ether oxygens (including phenoxy) is 2. The Kier molecular flexibility index (Phi) is 5.53. The minimum Gasteiger partial charge on any atom is -0.496 e. The average Bonchev–Trinajstić information content (AvgIpc) is 3.19. The van der Waals surface area contributed by atoms with Gasteiger partial charge in [-0.3, -0.25) is 0 Å². The maximum atomic E-state index is 11.5. The number of aromatic nitrogens is 2. The minimum absolute atomic E-state index is 0.370. The molecule has 0 aliphatic rings. The molecule has 148 valence electrons. The number of rotatable bonds is 7. The molecule has 0 radical (unpaired) electrons. The van der Waals surface area contributed by atoms with Crippen molar-refractivity contribution in [3.8, 4) is 23.0 Å². The van der Waals surface area contributed by atoms with Crippen molar-refractivity contribution in [1.82, 2.24) is 10.2 Å². The summed E-state index contributed by atoms with van der Waals surface area (Å²) in [4.78, 5) is 11.5. The first-order valence-electron chi connectivity index (χ1n) is 8.91. The summed E-state index contributed by atoms with van der Waals surface area (Å²) in [6.45, 7) is 2.30. The molecule has 8 heteroatoms. The van der Waals surface area contributed by atoms with Gasteiger partial charge >= 0.3 is 5.63 Å². The van der Waals surface area contributed by atoms with Gasteiger partial charge in [-0.15, -0.1) is 10.2 Å². The molecule has 7 nitrogen and oxygen atoms in total. The van der Waals surface area contributed by atoms with Crippen LogP contribution in [0.1, 0.15) is 5.56 Å². The van der Waals surface area contributed by atoms with Crippen LogP contribution in [0.4, 0.5) is 0 Å². The highest BCUT2D eigenvalue weighted by molar-refractivity contribution is 7.99. The molecule has 0 amide bonds. The molecule has 0 atom stereocenters. The summed E-state index contributed by atoms with van der Waals surface area (Å²) in [6, 6.07) is 14.4. The lowest BCUT2D eigenvalue weighted by Crippen LogP contribution is -2.01. The van der Waals surface area contributed by atoms with E-state index in [-0.39, 0.29) is 5.63 Å².